The predicted octanol–water partition coefficient (Wildman–Crippen LogP) is 1.71. The molecule has 126 valence electrons. The van der Waals surface area contributed by atoms with Crippen molar-refractivity contribution >= 4 is 17.8 Å². The van der Waals surface area contributed by atoms with Crippen molar-refractivity contribution in [3.05, 3.63) is 35.6 Å². The van der Waals surface area contributed by atoms with Gasteiger partial charge in [0.25, 0.3) is 5.91 Å². The summed E-state index contributed by atoms with van der Waals surface area (Å²) in [6, 6.07) is 5.15. The SMILES string of the molecule is CCC[C@@H](CC(=O)O)NC(=O)CCNC(=O)c1ccccc1F. The molecular weight excluding hydrogens is 303 g/mol. The molecule has 23 heavy (non-hydrogen) atoms. The fraction of sp³-hybridized carbons (Fsp3) is 0.438. The zero-order valence-electron chi connectivity index (χ0n) is 13.0. The highest BCUT2D eigenvalue weighted by Gasteiger charge is 2.15. The van der Waals surface area contributed by atoms with E-state index in [0.717, 1.165) is 6.42 Å². The molecule has 1 aromatic carbocycles. The summed E-state index contributed by atoms with van der Waals surface area (Å²) in [5.41, 5.74) is -0.0809. The lowest BCUT2D eigenvalue weighted by Crippen LogP contribution is -2.38. The zero-order chi connectivity index (χ0) is 17.2. The number of carbonyl (C=O) groups is 3. The molecule has 7 heteroatoms. The van der Waals surface area contributed by atoms with Crippen LogP contribution in [0.3, 0.4) is 0 Å². The van der Waals surface area contributed by atoms with Crippen molar-refractivity contribution < 1.29 is 23.9 Å². The summed E-state index contributed by atoms with van der Waals surface area (Å²) in [6.45, 7) is 1.94. The maximum absolute atomic E-state index is 13.4. The number of benzene rings is 1. The summed E-state index contributed by atoms with van der Waals surface area (Å²) in [5, 5.41) is 13.9. The van der Waals surface area contributed by atoms with Crippen LogP contribution in [0.15, 0.2) is 24.3 Å². The summed E-state index contributed by atoms with van der Waals surface area (Å²) in [6.07, 6.45) is 1.18. The molecule has 0 saturated heterocycles. The summed E-state index contributed by atoms with van der Waals surface area (Å²) in [5.74, 6) is -2.54. The van der Waals surface area contributed by atoms with Crippen LogP contribution in [0.4, 0.5) is 4.39 Å². The van der Waals surface area contributed by atoms with E-state index in [9.17, 15) is 18.8 Å². The number of hydrogen-bond acceptors (Lipinski definition) is 3. The minimum atomic E-state index is -0.975. The molecule has 0 heterocycles. The van der Waals surface area contributed by atoms with Crippen LogP contribution in [0.5, 0.6) is 0 Å². The fourth-order valence-corrected chi connectivity index (χ4v) is 2.11. The minimum absolute atomic E-state index is 0.0000257. The third kappa shape index (κ3) is 6.90. The van der Waals surface area contributed by atoms with Gasteiger partial charge in [-0.3, -0.25) is 14.4 Å². The number of aliphatic carboxylic acids is 1. The van der Waals surface area contributed by atoms with Gasteiger partial charge in [0.2, 0.25) is 5.91 Å². The largest absolute Gasteiger partial charge is 0.481 e. The highest BCUT2D eigenvalue weighted by Crippen LogP contribution is 2.06. The molecule has 3 N–H and O–H groups in total. The van der Waals surface area contributed by atoms with E-state index in [1.807, 2.05) is 6.92 Å². The first-order valence-electron chi connectivity index (χ1n) is 7.48. The Balaban J connectivity index is 2.39. The Morgan fingerprint density at radius 3 is 2.57 bits per heavy atom. The number of carboxylic acids is 1. The van der Waals surface area contributed by atoms with E-state index in [2.05, 4.69) is 10.6 Å². The van der Waals surface area contributed by atoms with Gasteiger partial charge in [0.05, 0.1) is 12.0 Å². The van der Waals surface area contributed by atoms with Crippen LogP contribution in [-0.4, -0.2) is 35.5 Å². The molecule has 0 unspecified atom stereocenters. The number of halogens is 1. The van der Waals surface area contributed by atoms with Gasteiger partial charge < -0.3 is 15.7 Å². The van der Waals surface area contributed by atoms with Crippen molar-refractivity contribution in [2.75, 3.05) is 6.54 Å². The molecule has 1 aromatic rings. The fourth-order valence-electron chi connectivity index (χ4n) is 2.11. The van der Waals surface area contributed by atoms with E-state index in [1.165, 1.54) is 18.2 Å². The summed E-state index contributed by atoms with van der Waals surface area (Å²) in [4.78, 5) is 34.2. The van der Waals surface area contributed by atoms with E-state index in [-0.39, 0.29) is 30.9 Å². The number of rotatable bonds is 9. The topological polar surface area (TPSA) is 95.5 Å². The van der Waals surface area contributed by atoms with Gasteiger partial charge in [-0.2, -0.15) is 0 Å². The van der Waals surface area contributed by atoms with Crippen LogP contribution >= 0.6 is 0 Å². The molecule has 0 fully saturated rings. The first-order valence-corrected chi connectivity index (χ1v) is 7.48. The van der Waals surface area contributed by atoms with Gasteiger partial charge in [0, 0.05) is 19.0 Å². The Labute approximate surface area is 134 Å². The van der Waals surface area contributed by atoms with Gasteiger partial charge in [0.1, 0.15) is 5.82 Å². The van der Waals surface area contributed by atoms with E-state index in [0.29, 0.717) is 6.42 Å². The first-order chi connectivity index (χ1) is 10.9. The third-order valence-corrected chi connectivity index (χ3v) is 3.18. The van der Waals surface area contributed by atoms with Crippen molar-refractivity contribution in [1.29, 1.82) is 0 Å². The van der Waals surface area contributed by atoms with Gasteiger partial charge in [-0.15, -0.1) is 0 Å². The van der Waals surface area contributed by atoms with E-state index >= 15 is 0 Å². The summed E-state index contributed by atoms with van der Waals surface area (Å²) in [7, 11) is 0. The molecule has 1 rings (SSSR count). The van der Waals surface area contributed by atoms with Crippen molar-refractivity contribution in [2.24, 2.45) is 0 Å². The number of nitrogens with one attached hydrogen (secondary N) is 2. The molecule has 0 saturated carbocycles. The Hall–Kier alpha value is -2.44. The predicted molar refractivity (Wildman–Crippen MR) is 82.4 cm³/mol. The highest BCUT2D eigenvalue weighted by molar-refractivity contribution is 5.94. The molecule has 0 aliphatic carbocycles. The Kier molecular flexibility index (Phi) is 7.73. The number of carboxylic acid groups (broad SMARTS) is 1. The van der Waals surface area contributed by atoms with Crippen LogP contribution in [0.25, 0.3) is 0 Å². The molecule has 0 aromatic heterocycles. The molecule has 0 aliphatic rings. The summed E-state index contributed by atoms with van der Waals surface area (Å²) < 4.78 is 13.4. The van der Waals surface area contributed by atoms with Gasteiger partial charge in [-0.25, -0.2) is 4.39 Å². The number of amides is 2. The molecule has 1 atom stereocenters. The quantitative estimate of drug-likeness (QED) is 0.644. The van der Waals surface area contributed by atoms with Crippen LogP contribution in [0.2, 0.25) is 0 Å². The normalized spacial score (nSPS) is 11.6. The van der Waals surface area contributed by atoms with Gasteiger partial charge >= 0.3 is 5.97 Å². The molecule has 0 aliphatic heterocycles. The standard InChI is InChI=1S/C16H21FN2O4/c1-2-5-11(10-15(21)22)19-14(20)8-9-18-16(23)12-6-3-4-7-13(12)17/h3-4,6-7,11H,2,5,8-10H2,1H3,(H,18,23)(H,19,20)(H,21,22)/t11-/m0/s1. The number of hydrogen-bond donors (Lipinski definition) is 3. The van der Waals surface area contributed by atoms with E-state index < -0.39 is 23.7 Å². The first kappa shape index (κ1) is 18.6. The molecular formula is C16H21FN2O4. The summed E-state index contributed by atoms with van der Waals surface area (Å²) >= 11 is 0. The molecule has 2 amide bonds. The Morgan fingerprint density at radius 2 is 1.96 bits per heavy atom. The van der Waals surface area contributed by atoms with Crippen LogP contribution in [0.1, 0.15) is 43.0 Å². The maximum atomic E-state index is 13.4. The third-order valence-electron chi connectivity index (χ3n) is 3.18. The van der Waals surface area contributed by atoms with Gasteiger partial charge in [-0.1, -0.05) is 25.5 Å². The van der Waals surface area contributed by atoms with Crippen LogP contribution in [0, 0.1) is 5.82 Å². The van der Waals surface area contributed by atoms with Gasteiger partial charge in [0.15, 0.2) is 0 Å². The molecule has 0 spiro atoms. The Morgan fingerprint density at radius 1 is 1.26 bits per heavy atom. The van der Waals surface area contributed by atoms with E-state index in [4.69, 9.17) is 5.11 Å². The Bertz CT molecular complexity index is 563. The van der Waals surface area contributed by atoms with Crippen molar-refractivity contribution in [2.45, 2.75) is 38.6 Å². The minimum Gasteiger partial charge on any atom is -0.481 e. The van der Waals surface area contributed by atoms with Crippen LogP contribution in [-0.2, 0) is 9.59 Å². The van der Waals surface area contributed by atoms with Crippen molar-refractivity contribution in [1.82, 2.24) is 10.6 Å². The molecule has 0 bridgehead atoms. The second-order valence-corrected chi connectivity index (χ2v) is 5.14. The average molecular weight is 324 g/mol. The lowest BCUT2D eigenvalue weighted by atomic mass is 10.1. The van der Waals surface area contributed by atoms with Crippen molar-refractivity contribution in [3.8, 4) is 0 Å². The maximum Gasteiger partial charge on any atom is 0.305 e. The molecule has 0 radical (unpaired) electrons. The number of carbonyl (C=O) groups excluding carboxylic acids is 2. The average Bonchev–Trinajstić information content (AvgIpc) is 2.47. The smallest absolute Gasteiger partial charge is 0.305 e. The van der Waals surface area contributed by atoms with E-state index in [1.54, 1.807) is 6.07 Å². The zero-order valence-corrected chi connectivity index (χ0v) is 13.0. The molecule has 6 nitrogen and oxygen atoms in total. The van der Waals surface area contributed by atoms with Crippen molar-refractivity contribution in [3.63, 3.8) is 0 Å². The monoisotopic (exact) mass is 324 g/mol. The van der Waals surface area contributed by atoms with Gasteiger partial charge in [-0.05, 0) is 18.6 Å². The second kappa shape index (κ2) is 9.55. The lowest BCUT2D eigenvalue weighted by Gasteiger charge is -2.16. The highest BCUT2D eigenvalue weighted by atomic mass is 19.1. The second-order valence-electron chi connectivity index (χ2n) is 5.14. The van der Waals surface area contributed by atoms with Crippen LogP contribution < -0.4 is 10.6 Å². The lowest BCUT2D eigenvalue weighted by molar-refractivity contribution is -0.137.